The normalized spacial score (nSPS) is 12.6. The molecular weight excluding hydrogens is 154 g/mol. The number of carbonyl (C=O) groups is 1. The molecule has 0 saturated carbocycles. The Morgan fingerprint density at radius 2 is 2.08 bits per heavy atom. The summed E-state index contributed by atoms with van der Waals surface area (Å²) >= 11 is 0. The van der Waals surface area contributed by atoms with Crippen LogP contribution in [0, 0.1) is 0 Å². The molecule has 1 atom stereocenters. The fourth-order valence-corrected chi connectivity index (χ4v) is 0.827. The van der Waals surface area contributed by atoms with Crippen LogP contribution in [0.2, 0.25) is 0 Å². The van der Waals surface area contributed by atoms with E-state index in [0.29, 0.717) is 6.61 Å². The Morgan fingerprint density at radius 3 is 2.58 bits per heavy atom. The van der Waals surface area contributed by atoms with Crippen molar-refractivity contribution in [3.8, 4) is 0 Å². The zero-order valence-corrected chi connectivity index (χ0v) is 7.93. The van der Waals surface area contributed by atoms with Crippen LogP contribution in [0.5, 0.6) is 0 Å². The SMILES string of the molecule is CCCCCCOC(=O)C(C)[NH]. The molecule has 1 radical (unpaired) electrons. The Kier molecular flexibility index (Phi) is 6.76. The van der Waals surface area contributed by atoms with Gasteiger partial charge in [-0.2, -0.15) is 0 Å². The molecular formula is C9H18NO2. The molecule has 0 aliphatic rings. The van der Waals surface area contributed by atoms with Crippen molar-refractivity contribution in [2.75, 3.05) is 6.61 Å². The first-order valence-electron chi connectivity index (χ1n) is 4.56. The van der Waals surface area contributed by atoms with Gasteiger partial charge in [0, 0.05) is 0 Å². The van der Waals surface area contributed by atoms with E-state index in [1.807, 2.05) is 0 Å². The predicted molar refractivity (Wildman–Crippen MR) is 47.7 cm³/mol. The third-order valence-corrected chi connectivity index (χ3v) is 1.60. The molecule has 0 saturated heterocycles. The molecule has 0 aliphatic carbocycles. The Labute approximate surface area is 74.3 Å². The second kappa shape index (κ2) is 7.10. The summed E-state index contributed by atoms with van der Waals surface area (Å²) in [5, 5.41) is 0. The highest BCUT2D eigenvalue weighted by Crippen LogP contribution is 1.99. The number of ether oxygens (including phenoxy) is 1. The summed E-state index contributed by atoms with van der Waals surface area (Å²) in [5.41, 5.74) is 7.03. The van der Waals surface area contributed by atoms with Gasteiger partial charge < -0.3 is 4.74 Å². The third kappa shape index (κ3) is 6.16. The van der Waals surface area contributed by atoms with Crippen LogP contribution in [0.3, 0.4) is 0 Å². The van der Waals surface area contributed by atoms with E-state index in [0.717, 1.165) is 12.8 Å². The molecule has 1 unspecified atom stereocenters. The number of hydrogen-bond acceptors (Lipinski definition) is 2. The summed E-state index contributed by atoms with van der Waals surface area (Å²) in [5.74, 6) is -0.411. The zero-order chi connectivity index (χ0) is 9.40. The minimum absolute atomic E-state index is 0.411. The lowest BCUT2D eigenvalue weighted by molar-refractivity contribution is -0.145. The van der Waals surface area contributed by atoms with Gasteiger partial charge in [0.2, 0.25) is 0 Å². The highest BCUT2D eigenvalue weighted by molar-refractivity contribution is 5.74. The topological polar surface area (TPSA) is 50.1 Å². The van der Waals surface area contributed by atoms with Gasteiger partial charge in [0.1, 0.15) is 6.04 Å². The number of rotatable bonds is 6. The minimum Gasteiger partial charge on any atom is -0.464 e. The summed E-state index contributed by atoms with van der Waals surface area (Å²) in [4.78, 5) is 10.8. The summed E-state index contributed by atoms with van der Waals surface area (Å²) in [6.45, 7) is 4.13. The van der Waals surface area contributed by atoms with Gasteiger partial charge in [-0.15, -0.1) is 0 Å². The maximum Gasteiger partial charge on any atom is 0.324 e. The van der Waals surface area contributed by atoms with Crippen LogP contribution in [-0.2, 0) is 9.53 Å². The highest BCUT2D eigenvalue weighted by Gasteiger charge is 2.07. The van der Waals surface area contributed by atoms with Crippen LogP contribution >= 0.6 is 0 Å². The van der Waals surface area contributed by atoms with Gasteiger partial charge in [-0.25, -0.2) is 5.73 Å². The van der Waals surface area contributed by atoms with Crippen molar-refractivity contribution in [1.29, 1.82) is 0 Å². The molecule has 0 amide bonds. The summed E-state index contributed by atoms with van der Waals surface area (Å²) in [6, 6.07) is -0.740. The van der Waals surface area contributed by atoms with Crippen molar-refractivity contribution in [2.24, 2.45) is 0 Å². The van der Waals surface area contributed by atoms with E-state index in [2.05, 4.69) is 6.92 Å². The number of esters is 1. The lowest BCUT2D eigenvalue weighted by Gasteiger charge is -2.05. The van der Waals surface area contributed by atoms with Crippen LogP contribution < -0.4 is 5.73 Å². The smallest absolute Gasteiger partial charge is 0.324 e. The predicted octanol–water partition coefficient (Wildman–Crippen LogP) is 1.78. The lowest BCUT2D eigenvalue weighted by atomic mass is 10.2. The zero-order valence-electron chi connectivity index (χ0n) is 7.93. The number of carbonyl (C=O) groups excluding carboxylic acids is 1. The second-order valence-electron chi connectivity index (χ2n) is 2.95. The fraction of sp³-hybridized carbons (Fsp3) is 0.889. The largest absolute Gasteiger partial charge is 0.464 e. The first kappa shape index (κ1) is 11.4. The van der Waals surface area contributed by atoms with Crippen LogP contribution in [0.15, 0.2) is 0 Å². The van der Waals surface area contributed by atoms with Gasteiger partial charge in [-0.3, -0.25) is 4.79 Å². The molecule has 0 heterocycles. The Bertz CT molecular complexity index is 124. The Morgan fingerprint density at radius 1 is 1.42 bits per heavy atom. The van der Waals surface area contributed by atoms with E-state index in [1.165, 1.54) is 19.8 Å². The molecule has 1 N–H and O–H groups in total. The van der Waals surface area contributed by atoms with Gasteiger partial charge in [-0.1, -0.05) is 26.2 Å². The Hall–Kier alpha value is -0.570. The molecule has 0 spiro atoms. The first-order chi connectivity index (χ1) is 5.68. The van der Waals surface area contributed by atoms with E-state index in [1.54, 1.807) is 0 Å². The second-order valence-corrected chi connectivity index (χ2v) is 2.95. The quantitative estimate of drug-likeness (QED) is 0.453. The minimum atomic E-state index is -0.740. The van der Waals surface area contributed by atoms with Crippen molar-refractivity contribution >= 4 is 5.97 Å². The summed E-state index contributed by atoms with van der Waals surface area (Å²) in [7, 11) is 0. The fourth-order valence-electron chi connectivity index (χ4n) is 0.827. The van der Waals surface area contributed by atoms with E-state index >= 15 is 0 Å². The summed E-state index contributed by atoms with van der Waals surface area (Å²) < 4.78 is 4.82. The van der Waals surface area contributed by atoms with Gasteiger partial charge in [0.15, 0.2) is 0 Å². The standard InChI is InChI=1S/C9H18NO2/c1-3-4-5-6-7-12-9(11)8(2)10/h8,10H,3-7H2,1-2H3. The van der Waals surface area contributed by atoms with Gasteiger partial charge in [0.05, 0.1) is 6.61 Å². The van der Waals surface area contributed by atoms with Crippen molar-refractivity contribution < 1.29 is 9.53 Å². The third-order valence-electron chi connectivity index (χ3n) is 1.60. The summed E-state index contributed by atoms with van der Waals surface area (Å²) in [6.07, 6.45) is 4.40. The molecule has 12 heavy (non-hydrogen) atoms. The van der Waals surface area contributed by atoms with Crippen molar-refractivity contribution in [3.05, 3.63) is 0 Å². The molecule has 3 nitrogen and oxygen atoms in total. The van der Waals surface area contributed by atoms with Gasteiger partial charge >= 0.3 is 5.97 Å². The molecule has 0 aromatic carbocycles. The average Bonchev–Trinajstić information content (AvgIpc) is 2.03. The highest BCUT2D eigenvalue weighted by atomic mass is 16.5. The maximum atomic E-state index is 10.8. The van der Waals surface area contributed by atoms with Crippen molar-refractivity contribution in [1.82, 2.24) is 5.73 Å². The maximum absolute atomic E-state index is 10.8. The van der Waals surface area contributed by atoms with Crippen molar-refractivity contribution in [2.45, 2.75) is 45.6 Å². The van der Waals surface area contributed by atoms with Crippen LogP contribution in [0.1, 0.15) is 39.5 Å². The van der Waals surface area contributed by atoms with Gasteiger partial charge in [0.25, 0.3) is 0 Å². The number of unbranched alkanes of at least 4 members (excludes halogenated alkanes) is 3. The molecule has 0 fully saturated rings. The molecule has 0 aromatic rings. The molecule has 0 aliphatic heterocycles. The van der Waals surface area contributed by atoms with Crippen LogP contribution in [0.25, 0.3) is 0 Å². The monoisotopic (exact) mass is 172 g/mol. The van der Waals surface area contributed by atoms with Crippen LogP contribution in [-0.4, -0.2) is 18.6 Å². The van der Waals surface area contributed by atoms with E-state index < -0.39 is 12.0 Å². The number of nitrogens with one attached hydrogen (secondary N) is 1. The Balaban J connectivity index is 3.14. The van der Waals surface area contributed by atoms with Gasteiger partial charge in [-0.05, 0) is 13.3 Å². The lowest BCUT2D eigenvalue weighted by Crippen LogP contribution is -2.21. The molecule has 0 bridgehead atoms. The molecule has 71 valence electrons. The van der Waals surface area contributed by atoms with E-state index in [4.69, 9.17) is 10.5 Å². The van der Waals surface area contributed by atoms with Crippen molar-refractivity contribution in [3.63, 3.8) is 0 Å². The van der Waals surface area contributed by atoms with E-state index in [-0.39, 0.29) is 0 Å². The molecule has 0 rings (SSSR count). The number of hydrogen-bond donors (Lipinski definition) is 0. The average molecular weight is 172 g/mol. The molecule has 0 aromatic heterocycles. The van der Waals surface area contributed by atoms with Crippen LogP contribution in [0.4, 0.5) is 0 Å². The first-order valence-corrected chi connectivity index (χ1v) is 4.56. The van der Waals surface area contributed by atoms with E-state index in [9.17, 15) is 4.79 Å². The molecule has 3 heteroatoms.